The molecular formula is C21H30N2O4. The number of rotatable bonds is 7. The molecule has 2 heterocycles. The second-order valence-electron chi connectivity index (χ2n) is 7.23. The van der Waals surface area contributed by atoms with Crippen molar-refractivity contribution < 1.29 is 19.1 Å². The molecule has 2 amide bonds. The van der Waals surface area contributed by atoms with Crippen LogP contribution >= 0.6 is 0 Å². The molecule has 0 aromatic heterocycles. The minimum atomic E-state index is 0.0568. The first-order valence-electron chi connectivity index (χ1n) is 10.00. The number of nitrogens with zero attached hydrogens (tertiary/aromatic N) is 2. The van der Waals surface area contributed by atoms with Crippen LogP contribution in [0.4, 0.5) is 0 Å². The number of piperidine rings is 1. The van der Waals surface area contributed by atoms with Crippen LogP contribution in [0.3, 0.4) is 0 Å². The molecule has 0 aliphatic carbocycles. The highest BCUT2D eigenvalue weighted by atomic mass is 16.5. The zero-order valence-corrected chi connectivity index (χ0v) is 16.0. The fourth-order valence-corrected chi connectivity index (χ4v) is 3.67. The van der Waals surface area contributed by atoms with E-state index in [1.165, 1.54) is 0 Å². The van der Waals surface area contributed by atoms with Crippen LogP contribution in [0.5, 0.6) is 0 Å². The second-order valence-corrected chi connectivity index (χ2v) is 7.23. The number of hydrogen-bond acceptors (Lipinski definition) is 4. The van der Waals surface area contributed by atoms with Crippen LogP contribution in [0.1, 0.15) is 31.2 Å². The molecule has 148 valence electrons. The van der Waals surface area contributed by atoms with E-state index in [-0.39, 0.29) is 17.7 Å². The van der Waals surface area contributed by atoms with Crippen LogP contribution in [0.25, 0.3) is 0 Å². The van der Waals surface area contributed by atoms with Crippen molar-refractivity contribution >= 4 is 11.8 Å². The van der Waals surface area contributed by atoms with E-state index in [0.717, 1.165) is 24.8 Å². The first kappa shape index (κ1) is 19.8. The largest absolute Gasteiger partial charge is 0.378 e. The van der Waals surface area contributed by atoms with Crippen molar-refractivity contribution in [3.05, 3.63) is 35.9 Å². The van der Waals surface area contributed by atoms with Gasteiger partial charge in [-0.05, 0) is 24.8 Å². The van der Waals surface area contributed by atoms with Crippen molar-refractivity contribution in [1.29, 1.82) is 0 Å². The Morgan fingerprint density at radius 3 is 2.41 bits per heavy atom. The van der Waals surface area contributed by atoms with Crippen LogP contribution in [0, 0.1) is 5.92 Å². The minimum absolute atomic E-state index is 0.0568. The van der Waals surface area contributed by atoms with E-state index in [0.29, 0.717) is 59.0 Å². The average Bonchev–Trinajstić information content (AvgIpc) is 2.74. The Kier molecular flexibility index (Phi) is 7.66. The van der Waals surface area contributed by atoms with Crippen LogP contribution in [0.2, 0.25) is 0 Å². The Hall–Kier alpha value is -1.92. The van der Waals surface area contributed by atoms with Gasteiger partial charge in [0, 0.05) is 45.1 Å². The van der Waals surface area contributed by atoms with E-state index in [4.69, 9.17) is 9.47 Å². The molecule has 27 heavy (non-hydrogen) atoms. The van der Waals surface area contributed by atoms with Gasteiger partial charge in [0.25, 0.3) is 0 Å². The molecule has 0 atom stereocenters. The summed E-state index contributed by atoms with van der Waals surface area (Å²) in [5, 5.41) is 0. The maximum Gasteiger partial charge on any atom is 0.225 e. The number of ether oxygens (including phenoxy) is 2. The molecule has 3 rings (SSSR count). The summed E-state index contributed by atoms with van der Waals surface area (Å²) in [6.45, 7) is 5.21. The predicted molar refractivity (Wildman–Crippen MR) is 102 cm³/mol. The van der Waals surface area contributed by atoms with Gasteiger partial charge in [-0.2, -0.15) is 0 Å². The van der Waals surface area contributed by atoms with Crippen molar-refractivity contribution in [2.24, 2.45) is 5.92 Å². The van der Waals surface area contributed by atoms with E-state index >= 15 is 0 Å². The molecule has 0 bridgehead atoms. The molecule has 0 spiro atoms. The Labute approximate surface area is 161 Å². The Bertz CT molecular complexity index is 593. The molecule has 2 aliphatic heterocycles. The molecule has 0 radical (unpaired) electrons. The lowest BCUT2D eigenvalue weighted by molar-refractivity contribution is -0.143. The molecule has 6 heteroatoms. The minimum Gasteiger partial charge on any atom is -0.378 e. The van der Waals surface area contributed by atoms with Crippen LogP contribution in [0.15, 0.2) is 30.3 Å². The molecule has 2 fully saturated rings. The van der Waals surface area contributed by atoms with Crippen LogP contribution < -0.4 is 0 Å². The number of amides is 2. The number of hydrogen-bond donors (Lipinski definition) is 0. The third-order valence-electron chi connectivity index (χ3n) is 5.31. The van der Waals surface area contributed by atoms with Gasteiger partial charge in [0.15, 0.2) is 0 Å². The van der Waals surface area contributed by atoms with Crippen LogP contribution in [-0.2, 0) is 25.7 Å². The molecule has 0 N–H and O–H groups in total. The summed E-state index contributed by atoms with van der Waals surface area (Å²) in [6, 6.07) is 10.0. The Balaban J connectivity index is 1.29. The summed E-state index contributed by atoms with van der Waals surface area (Å²) >= 11 is 0. The van der Waals surface area contributed by atoms with Gasteiger partial charge in [0.05, 0.1) is 19.8 Å². The maximum absolute atomic E-state index is 12.5. The number of likely N-dealkylation sites (tertiary alicyclic amines) is 1. The third-order valence-corrected chi connectivity index (χ3v) is 5.31. The summed E-state index contributed by atoms with van der Waals surface area (Å²) in [4.78, 5) is 28.7. The summed E-state index contributed by atoms with van der Waals surface area (Å²) in [5.74, 6) is 0.469. The van der Waals surface area contributed by atoms with Gasteiger partial charge >= 0.3 is 0 Å². The molecule has 6 nitrogen and oxygen atoms in total. The number of benzene rings is 1. The molecule has 0 unspecified atom stereocenters. The van der Waals surface area contributed by atoms with Crippen molar-refractivity contribution in [2.45, 2.75) is 32.3 Å². The van der Waals surface area contributed by atoms with Crippen molar-refractivity contribution in [1.82, 2.24) is 9.80 Å². The van der Waals surface area contributed by atoms with Gasteiger partial charge in [-0.15, -0.1) is 0 Å². The summed E-state index contributed by atoms with van der Waals surface area (Å²) < 4.78 is 11.0. The smallest absolute Gasteiger partial charge is 0.225 e. The fraction of sp³-hybridized carbons (Fsp3) is 0.619. The van der Waals surface area contributed by atoms with Gasteiger partial charge in [-0.3, -0.25) is 9.59 Å². The molecule has 2 aliphatic rings. The van der Waals surface area contributed by atoms with Gasteiger partial charge < -0.3 is 19.3 Å². The number of carbonyl (C=O) groups is 2. The molecular weight excluding hydrogens is 344 g/mol. The summed E-state index contributed by atoms with van der Waals surface area (Å²) in [6.07, 6.45) is 2.79. The number of morpholine rings is 1. The monoisotopic (exact) mass is 374 g/mol. The Morgan fingerprint density at radius 1 is 1.00 bits per heavy atom. The topological polar surface area (TPSA) is 59.1 Å². The lowest BCUT2D eigenvalue weighted by Gasteiger charge is -2.35. The van der Waals surface area contributed by atoms with E-state index in [1.54, 1.807) is 0 Å². The van der Waals surface area contributed by atoms with Crippen molar-refractivity contribution in [2.75, 3.05) is 46.0 Å². The quantitative estimate of drug-likeness (QED) is 0.686. The summed E-state index contributed by atoms with van der Waals surface area (Å²) in [7, 11) is 0. The van der Waals surface area contributed by atoms with Gasteiger partial charge in [0.1, 0.15) is 0 Å². The highest BCUT2D eigenvalue weighted by Crippen LogP contribution is 2.21. The second kappa shape index (κ2) is 10.4. The molecule has 2 saturated heterocycles. The fourth-order valence-electron chi connectivity index (χ4n) is 3.67. The average molecular weight is 374 g/mol. The van der Waals surface area contributed by atoms with E-state index in [2.05, 4.69) is 0 Å². The van der Waals surface area contributed by atoms with Gasteiger partial charge in [0.2, 0.25) is 11.8 Å². The lowest BCUT2D eigenvalue weighted by Crippen LogP contribution is -2.47. The van der Waals surface area contributed by atoms with E-state index in [1.807, 2.05) is 40.1 Å². The normalized spacial score (nSPS) is 18.5. The standard InChI is InChI=1S/C21H30N2O4/c24-20(7-4-14-27-17-18-5-2-1-3-6-18)22-10-8-19(9-11-22)21(25)23-12-15-26-16-13-23/h1-3,5-6,19H,4,7-17H2. The molecule has 0 saturated carbocycles. The van der Waals surface area contributed by atoms with Crippen molar-refractivity contribution in [3.63, 3.8) is 0 Å². The predicted octanol–water partition coefficient (Wildman–Crippen LogP) is 2.08. The highest BCUT2D eigenvalue weighted by molar-refractivity contribution is 5.80. The van der Waals surface area contributed by atoms with E-state index in [9.17, 15) is 9.59 Å². The van der Waals surface area contributed by atoms with Crippen LogP contribution in [-0.4, -0.2) is 67.6 Å². The van der Waals surface area contributed by atoms with Gasteiger partial charge in [-0.1, -0.05) is 30.3 Å². The molecule has 1 aromatic rings. The van der Waals surface area contributed by atoms with Gasteiger partial charge in [-0.25, -0.2) is 0 Å². The zero-order chi connectivity index (χ0) is 18.9. The number of carbonyl (C=O) groups excluding carboxylic acids is 2. The highest BCUT2D eigenvalue weighted by Gasteiger charge is 2.30. The summed E-state index contributed by atoms with van der Waals surface area (Å²) in [5.41, 5.74) is 1.15. The zero-order valence-electron chi connectivity index (χ0n) is 16.0. The maximum atomic E-state index is 12.5. The lowest BCUT2D eigenvalue weighted by atomic mass is 9.95. The first-order valence-corrected chi connectivity index (χ1v) is 10.00. The SMILES string of the molecule is O=C(CCCOCc1ccccc1)N1CCC(C(=O)N2CCOCC2)CC1. The first-order chi connectivity index (χ1) is 13.2. The van der Waals surface area contributed by atoms with E-state index < -0.39 is 0 Å². The Morgan fingerprint density at radius 2 is 1.70 bits per heavy atom. The van der Waals surface area contributed by atoms with Crippen molar-refractivity contribution in [3.8, 4) is 0 Å². The third kappa shape index (κ3) is 6.04. The molecule has 1 aromatic carbocycles.